The van der Waals surface area contributed by atoms with E-state index in [-0.39, 0.29) is 5.91 Å². The number of carbonyl (C=O) groups is 1. The number of carbonyl (C=O) groups excluding carboxylic acids is 1. The van der Waals surface area contributed by atoms with Gasteiger partial charge in [-0.3, -0.25) is 4.79 Å². The Bertz CT molecular complexity index is 433. The minimum atomic E-state index is 0.00521. The molecule has 1 atom stereocenters. The van der Waals surface area contributed by atoms with Crippen LogP contribution in [0.2, 0.25) is 0 Å². The van der Waals surface area contributed by atoms with Crippen molar-refractivity contribution in [1.29, 1.82) is 0 Å². The molecule has 1 aromatic heterocycles. The molecular weight excluding hydrogens is 242 g/mol. The summed E-state index contributed by atoms with van der Waals surface area (Å²) in [7, 11) is 3.96. The fourth-order valence-electron chi connectivity index (χ4n) is 2.47. The van der Waals surface area contributed by atoms with Gasteiger partial charge < -0.3 is 15.2 Å². The van der Waals surface area contributed by atoms with Crippen LogP contribution in [0.1, 0.15) is 16.8 Å². The predicted molar refractivity (Wildman–Crippen MR) is 74.6 cm³/mol. The lowest BCUT2D eigenvalue weighted by atomic mass is 10.1. The number of amides is 1. The van der Waals surface area contributed by atoms with Gasteiger partial charge in [0.05, 0.1) is 5.56 Å². The Labute approximate surface area is 113 Å². The molecule has 1 aliphatic heterocycles. The van der Waals surface area contributed by atoms with Crippen LogP contribution in [-0.2, 0) is 0 Å². The molecule has 0 radical (unpaired) electrons. The molecular formula is C13H21N5O. The molecule has 0 aromatic carbocycles. The Hall–Kier alpha value is -1.66. The second kappa shape index (κ2) is 5.99. The van der Waals surface area contributed by atoms with Crippen molar-refractivity contribution in [3.63, 3.8) is 0 Å². The molecule has 1 aliphatic rings. The van der Waals surface area contributed by atoms with Crippen molar-refractivity contribution in [1.82, 2.24) is 14.8 Å². The predicted octanol–water partition coefficient (Wildman–Crippen LogP) is 0.391. The van der Waals surface area contributed by atoms with Gasteiger partial charge in [0.25, 0.3) is 5.91 Å². The molecule has 19 heavy (non-hydrogen) atoms. The summed E-state index contributed by atoms with van der Waals surface area (Å²) in [6, 6.07) is 3.44. The van der Waals surface area contributed by atoms with E-state index >= 15 is 0 Å². The van der Waals surface area contributed by atoms with Gasteiger partial charge >= 0.3 is 0 Å². The molecule has 1 saturated heterocycles. The number of rotatable bonds is 4. The summed E-state index contributed by atoms with van der Waals surface area (Å²) in [6.07, 6.45) is 2.71. The minimum absolute atomic E-state index is 0.00521. The third-order valence-corrected chi connectivity index (χ3v) is 3.53. The fourth-order valence-corrected chi connectivity index (χ4v) is 2.47. The molecule has 0 bridgehead atoms. The van der Waals surface area contributed by atoms with E-state index in [1.165, 1.54) is 0 Å². The quantitative estimate of drug-likeness (QED) is 0.607. The number of anilines is 1. The van der Waals surface area contributed by atoms with E-state index in [0.717, 1.165) is 26.1 Å². The second-order valence-corrected chi connectivity index (χ2v) is 5.18. The molecule has 0 saturated carbocycles. The third kappa shape index (κ3) is 3.42. The molecule has 0 spiro atoms. The highest BCUT2D eigenvalue weighted by atomic mass is 16.2. The average molecular weight is 263 g/mol. The maximum Gasteiger partial charge on any atom is 0.255 e. The fraction of sp³-hybridized carbons (Fsp3) is 0.538. The van der Waals surface area contributed by atoms with Crippen molar-refractivity contribution in [3.05, 3.63) is 23.9 Å². The van der Waals surface area contributed by atoms with E-state index in [4.69, 9.17) is 5.84 Å². The first-order valence-electron chi connectivity index (χ1n) is 6.47. The van der Waals surface area contributed by atoms with Gasteiger partial charge in [0.15, 0.2) is 0 Å². The SMILES string of the molecule is CN1CCC(CN(C)C(=O)c2ccc(NN)nc2)C1. The molecule has 2 rings (SSSR count). The molecule has 0 aliphatic carbocycles. The van der Waals surface area contributed by atoms with Gasteiger partial charge in [-0.15, -0.1) is 0 Å². The van der Waals surface area contributed by atoms with Crippen molar-refractivity contribution >= 4 is 11.7 Å². The van der Waals surface area contributed by atoms with Crippen LogP contribution in [0.25, 0.3) is 0 Å². The summed E-state index contributed by atoms with van der Waals surface area (Å²) in [5, 5.41) is 0. The van der Waals surface area contributed by atoms with Crippen LogP contribution in [0.15, 0.2) is 18.3 Å². The van der Waals surface area contributed by atoms with E-state index < -0.39 is 0 Å². The molecule has 1 unspecified atom stereocenters. The van der Waals surface area contributed by atoms with Crippen LogP contribution in [0.4, 0.5) is 5.82 Å². The van der Waals surface area contributed by atoms with Crippen LogP contribution in [-0.4, -0.2) is 54.4 Å². The van der Waals surface area contributed by atoms with Crippen LogP contribution in [0.3, 0.4) is 0 Å². The first-order chi connectivity index (χ1) is 9.10. The molecule has 1 aromatic rings. The smallest absolute Gasteiger partial charge is 0.255 e. The lowest BCUT2D eigenvalue weighted by Crippen LogP contribution is -2.32. The zero-order valence-electron chi connectivity index (χ0n) is 11.5. The third-order valence-electron chi connectivity index (χ3n) is 3.53. The number of hydrazine groups is 1. The number of pyridine rings is 1. The van der Waals surface area contributed by atoms with Gasteiger partial charge in [-0.05, 0) is 38.1 Å². The number of nitrogen functional groups attached to an aromatic ring is 1. The molecule has 104 valence electrons. The number of likely N-dealkylation sites (tertiary alicyclic amines) is 1. The highest BCUT2D eigenvalue weighted by Gasteiger charge is 2.23. The van der Waals surface area contributed by atoms with Crippen molar-refractivity contribution in [2.24, 2.45) is 11.8 Å². The summed E-state index contributed by atoms with van der Waals surface area (Å²) < 4.78 is 0. The number of nitrogens with zero attached hydrogens (tertiary/aromatic N) is 3. The largest absolute Gasteiger partial charge is 0.341 e. The van der Waals surface area contributed by atoms with Crippen molar-refractivity contribution in [3.8, 4) is 0 Å². The Kier molecular flexibility index (Phi) is 4.34. The zero-order chi connectivity index (χ0) is 13.8. The summed E-state index contributed by atoms with van der Waals surface area (Å²) >= 11 is 0. The minimum Gasteiger partial charge on any atom is -0.341 e. The number of nitrogens with two attached hydrogens (primary N) is 1. The van der Waals surface area contributed by atoms with Crippen molar-refractivity contribution in [2.75, 3.05) is 39.2 Å². The van der Waals surface area contributed by atoms with Gasteiger partial charge in [0.1, 0.15) is 5.82 Å². The molecule has 6 nitrogen and oxygen atoms in total. The average Bonchev–Trinajstić information content (AvgIpc) is 2.83. The topological polar surface area (TPSA) is 74.5 Å². The molecule has 2 heterocycles. The van der Waals surface area contributed by atoms with E-state index in [2.05, 4.69) is 22.4 Å². The summed E-state index contributed by atoms with van der Waals surface area (Å²) in [6.45, 7) is 2.97. The molecule has 1 amide bonds. The van der Waals surface area contributed by atoms with Gasteiger partial charge in [-0.25, -0.2) is 10.8 Å². The summed E-state index contributed by atoms with van der Waals surface area (Å²) in [4.78, 5) is 20.4. The number of aromatic nitrogens is 1. The monoisotopic (exact) mass is 263 g/mol. The van der Waals surface area contributed by atoms with E-state index in [0.29, 0.717) is 17.3 Å². The molecule has 1 fully saturated rings. The lowest BCUT2D eigenvalue weighted by molar-refractivity contribution is 0.0773. The first-order valence-corrected chi connectivity index (χ1v) is 6.47. The van der Waals surface area contributed by atoms with Crippen LogP contribution in [0.5, 0.6) is 0 Å². The Balaban J connectivity index is 1.94. The van der Waals surface area contributed by atoms with Crippen molar-refractivity contribution in [2.45, 2.75) is 6.42 Å². The van der Waals surface area contributed by atoms with Crippen molar-refractivity contribution < 1.29 is 4.79 Å². The standard InChI is InChI=1S/C13H21N5O/c1-17-6-5-10(8-17)9-18(2)13(19)11-3-4-12(16-14)15-7-11/h3-4,7,10H,5-6,8-9,14H2,1-2H3,(H,15,16). The normalized spacial score (nSPS) is 19.4. The first kappa shape index (κ1) is 13.8. The highest BCUT2D eigenvalue weighted by Crippen LogP contribution is 2.16. The lowest BCUT2D eigenvalue weighted by Gasteiger charge is -2.21. The van der Waals surface area contributed by atoms with E-state index in [1.54, 1.807) is 23.2 Å². The van der Waals surface area contributed by atoms with Crippen LogP contribution < -0.4 is 11.3 Å². The number of hydrogen-bond donors (Lipinski definition) is 2. The van der Waals surface area contributed by atoms with Gasteiger partial charge in [0.2, 0.25) is 0 Å². The highest BCUT2D eigenvalue weighted by molar-refractivity contribution is 5.93. The van der Waals surface area contributed by atoms with Gasteiger partial charge in [0, 0.05) is 26.3 Å². The molecule has 6 heteroatoms. The number of nitrogens with one attached hydrogen (secondary N) is 1. The maximum absolute atomic E-state index is 12.2. The summed E-state index contributed by atoms with van der Waals surface area (Å²) in [5.41, 5.74) is 3.03. The Morgan fingerprint density at radius 3 is 2.95 bits per heavy atom. The van der Waals surface area contributed by atoms with E-state index in [9.17, 15) is 4.79 Å². The maximum atomic E-state index is 12.2. The molecule has 3 N–H and O–H groups in total. The number of hydrogen-bond acceptors (Lipinski definition) is 5. The Morgan fingerprint density at radius 1 is 1.63 bits per heavy atom. The van der Waals surface area contributed by atoms with E-state index in [1.807, 2.05) is 7.05 Å². The second-order valence-electron chi connectivity index (χ2n) is 5.18. The van der Waals surface area contributed by atoms with Crippen LogP contribution >= 0.6 is 0 Å². The zero-order valence-corrected chi connectivity index (χ0v) is 11.5. The summed E-state index contributed by atoms with van der Waals surface area (Å²) in [5.74, 6) is 6.37. The van der Waals surface area contributed by atoms with Crippen LogP contribution in [0, 0.1) is 5.92 Å². The van der Waals surface area contributed by atoms with Gasteiger partial charge in [-0.2, -0.15) is 0 Å². The Morgan fingerprint density at radius 2 is 2.42 bits per heavy atom. The van der Waals surface area contributed by atoms with Gasteiger partial charge in [-0.1, -0.05) is 0 Å².